The number of hydrogen-bond donors (Lipinski definition) is 0. The van der Waals surface area contributed by atoms with Crippen LogP contribution >= 0.6 is 11.6 Å². The Morgan fingerprint density at radius 1 is 1.07 bits per heavy atom. The number of benzene rings is 2. The number of methoxy groups -OCH3 is 1. The van der Waals surface area contributed by atoms with E-state index in [1.807, 2.05) is 54.0 Å². The summed E-state index contributed by atoms with van der Waals surface area (Å²) in [6, 6.07) is 13.6. The number of ether oxygens (including phenoxy) is 1. The molecule has 0 N–H and O–H groups in total. The average Bonchev–Trinajstić information content (AvgIpc) is 2.93. The van der Waals surface area contributed by atoms with Crippen LogP contribution in [0.15, 0.2) is 47.5 Å². The lowest BCUT2D eigenvalue weighted by atomic mass is 10.00. The van der Waals surface area contributed by atoms with E-state index in [1.165, 1.54) is 0 Å². The number of aliphatic imine (C=N–C) groups is 1. The molecule has 0 atom stereocenters. The lowest BCUT2D eigenvalue weighted by molar-refractivity contribution is -0.110. The van der Waals surface area contributed by atoms with Crippen molar-refractivity contribution in [1.29, 1.82) is 0 Å². The highest BCUT2D eigenvalue weighted by molar-refractivity contribution is 6.30. The normalized spacial score (nSPS) is 12.7. The number of hydrogen-bond acceptors (Lipinski definition) is 4. The summed E-state index contributed by atoms with van der Waals surface area (Å²) < 4.78 is 38.5. The van der Waals surface area contributed by atoms with Gasteiger partial charge in [-0.2, -0.15) is 13.2 Å². The number of aryl methyl sites for hydroxylation is 1. The molecule has 1 aliphatic heterocycles. The standard InChI is InChI=1S/C18H15ClN4O.C2H3F3/c1-11-21-22-17-10-20-18(12-3-5-13(19)6-4-12)15-9-14(24-2)7-8-16(15)23(11)17;1-2(3,4)5/h3-9H,10H2,1-2H3;1H3. The highest BCUT2D eigenvalue weighted by Gasteiger charge is 2.22. The molecule has 0 fully saturated rings. The number of aromatic nitrogens is 3. The molecule has 0 unspecified atom stereocenters. The number of alkyl halides is 3. The van der Waals surface area contributed by atoms with Gasteiger partial charge in [-0.1, -0.05) is 23.7 Å². The van der Waals surface area contributed by atoms with Crippen molar-refractivity contribution in [3.8, 4) is 11.4 Å². The molecule has 0 amide bonds. The van der Waals surface area contributed by atoms with Crippen molar-refractivity contribution >= 4 is 17.3 Å². The second-order valence-electron chi connectivity index (χ2n) is 6.33. The summed E-state index contributed by atoms with van der Waals surface area (Å²) in [4.78, 5) is 4.79. The summed E-state index contributed by atoms with van der Waals surface area (Å²) in [7, 11) is 1.66. The zero-order chi connectivity index (χ0) is 21.2. The fourth-order valence-corrected chi connectivity index (χ4v) is 3.06. The van der Waals surface area contributed by atoms with Crippen LogP contribution in [0.2, 0.25) is 5.02 Å². The Morgan fingerprint density at radius 2 is 1.72 bits per heavy atom. The molecular weight excluding hydrogens is 405 g/mol. The molecule has 0 saturated heterocycles. The van der Waals surface area contributed by atoms with Crippen molar-refractivity contribution in [3.05, 3.63) is 70.3 Å². The first-order valence-corrected chi connectivity index (χ1v) is 9.02. The molecule has 1 aliphatic rings. The molecular formula is C20H18ClF3N4O. The summed E-state index contributed by atoms with van der Waals surface area (Å²) in [5.74, 6) is 2.44. The van der Waals surface area contributed by atoms with Gasteiger partial charge in [0.2, 0.25) is 0 Å². The lowest BCUT2D eigenvalue weighted by Gasteiger charge is -2.14. The number of fused-ring (bicyclic) bond motifs is 3. The SMILES string of the molecule is CC(F)(F)F.COc1ccc2c(c1)C(c1ccc(Cl)cc1)=NCc1nnc(C)n1-2. The van der Waals surface area contributed by atoms with Crippen LogP contribution < -0.4 is 4.74 Å². The number of rotatable bonds is 2. The Bertz CT molecular complexity index is 1040. The molecule has 0 spiro atoms. The van der Waals surface area contributed by atoms with E-state index < -0.39 is 6.18 Å². The van der Waals surface area contributed by atoms with Gasteiger partial charge in [-0.3, -0.25) is 9.56 Å². The highest BCUT2D eigenvalue weighted by atomic mass is 35.5. The summed E-state index contributed by atoms with van der Waals surface area (Å²) in [6.45, 7) is 2.60. The summed E-state index contributed by atoms with van der Waals surface area (Å²) in [5.41, 5.74) is 3.88. The molecule has 3 aromatic rings. The summed E-state index contributed by atoms with van der Waals surface area (Å²) >= 11 is 6.02. The number of nitrogens with zero attached hydrogens (tertiary/aromatic N) is 4. The van der Waals surface area contributed by atoms with Crippen LogP contribution in [0.1, 0.15) is 29.7 Å². The molecule has 0 aliphatic carbocycles. The first-order chi connectivity index (χ1) is 13.7. The first-order valence-electron chi connectivity index (χ1n) is 8.64. The van der Waals surface area contributed by atoms with E-state index in [9.17, 15) is 13.2 Å². The first kappa shape index (κ1) is 20.9. The Hall–Kier alpha value is -2.87. The van der Waals surface area contributed by atoms with Crippen LogP contribution in [0.25, 0.3) is 5.69 Å². The second kappa shape index (κ2) is 8.24. The third kappa shape index (κ3) is 4.95. The zero-order valence-electron chi connectivity index (χ0n) is 16.0. The topological polar surface area (TPSA) is 52.3 Å². The lowest BCUT2D eigenvalue weighted by Crippen LogP contribution is -2.08. The Labute approximate surface area is 170 Å². The van der Waals surface area contributed by atoms with Gasteiger partial charge in [0.15, 0.2) is 5.82 Å². The third-order valence-electron chi connectivity index (χ3n) is 4.09. The Morgan fingerprint density at radius 3 is 2.34 bits per heavy atom. The van der Waals surface area contributed by atoms with E-state index in [0.717, 1.165) is 39.9 Å². The quantitative estimate of drug-likeness (QED) is 0.573. The molecule has 2 heterocycles. The van der Waals surface area contributed by atoms with Crippen LogP contribution in [-0.4, -0.2) is 33.8 Å². The molecule has 152 valence electrons. The highest BCUT2D eigenvalue weighted by Crippen LogP contribution is 2.29. The maximum atomic E-state index is 10.4. The summed E-state index contributed by atoms with van der Waals surface area (Å²) in [6.07, 6.45) is -4.00. The van der Waals surface area contributed by atoms with Crippen molar-refractivity contribution < 1.29 is 17.9 Å². The monoisotopic (exact) mass is 422 g/mol. The molecule has 5 nitrogen and oxygen atoms in total. The number of halogens is 4. The van der Waals surface area contributed by atoms with Crippen molar-refractivity contribution in [2.24, 2.45) is 4.99 Å². The summed E-state index contributed by atoms with van der Waals surface area (Å²) in [5, 5.41) is 9.14. The molecule has 2 aromatic carbocycles. The average molecular weight is 423 g/mol. The van der Waals surface area contributed by atoms with Crippen LogP contribution in [0, 0.1) is 6.92 Å². The molecule has 0 bridgehead atoms. The Kier molecular flexibility index (Phi) is 5.93. The van der Waals surface area contributed by atoms with Crippen molar-refractivity contribution in [2.75, 3.05) is 7.11 Å². The van der Waals surface area contributed by atoms with Crippen molar-refractivity contribution in [1.82, 2.24) is 14.8 Å². The molecule has 1 aromatic heterocycles. The molecule has 9 heteroatoms. The van der Waals surface area contributed by atoms with Gasteiger partial charge in [0.1, 0.15) is 18.1 Å². The van der Waals surface area contributed by atoms with E-state index >= 15 is 0 Å². The van der Waals surface area contributed by atoms with Gasteiger partial charge < -0.3 is 4.74 Å². The fraction of sp³-hybridized carbons (Fsp3) is 0.250. The van der Waals surface area contributed by atoms with Crippen LogP contribution in [0.4, 0.5) is 13.2 Å². The van der Waals surface area contributed by atoms with Crippen LogP contribution in [0.3, 0.4) is 0 Å². The Balaban J connectivity index is 0.000000431. The molecule has 0 saturated carbocycles. The molecule has 4 rings (SSSR count). The van der Waals surface area contributed by atoms with Gasteiger partial charge in [-0.25, -0.2) is 0 Å². The van der Waals surface area contributed by atoms with Gasteiger partial charge in [-0.15, -0.1) is 10.2 Å². The molecule has 0 radical (unpaired) electrons. The van der Waals surface area contributed by atoms with E-state index in [1.54, 1.807) is 7.11 Å². The second-order valence-corrected chi connectivity index (χ2v) is 6.77. The van der Waals surface area contributed by atoms with E-state index in [4.69, 9.17) is 21.3 Å². The van der Waals surface area contributed by atoms with Gasteiger partial charge in [0.25, 0.3) is 0 Å². The van der Waals surface area contributed by atoms with Gasteiger partial charge in [0, 0.05) is 23.1 Å². The fourth-order valence-electron chi connectivity index (χ4n) is 2.94. The minimum absolute atomic E-state index is 0.188. The minimum atomic E-state index is -4.00. The van der Waals surface area contributed by atoms with Gasteiger partial charge in [-0.05, 0) is 37.3 Å². The van der Waals surface area contributed by atoms with Crippen LogP contribution in [-0.2, 0) is 6.54 Å². The van der Waals surface area contributed by atoms with Crippen molar-refractivity contribution in [2.45, 2.75) is 26.6 Å². The molecule has 29 heavy (non-hydrogen) atoms. The van der Waals surface area contributed by atoms with Crippen LogP contribution in [0.5, 0.6) is 5.75 Å². The van der Waals surface area contributed by atoms with E-state index in [-0.39, 0.29) is 6.92 Å². The van der Waals surface area contributed by atoms with E-state index in [2.05, 4.69) is 10.2 Å². The van der Waals surface area contributed by atoms with E-state index in [0.29, 0.717) is 11.6 Å². The largest absolute Gasteiger partial charge is 0.497 e. The maximum Gasteiger partial charge on any atom is 0.386 e. The predicted molar refractivity (Wildman–Crippen MR) is 105 cm³/mol. The van der Waals surface area contributed by atoms with Crippen molar-refractivity contribution in [3.63, 3.8) is 0 Å². The third-order valence-corrected chi connectivity index (χ3v) is 4.34. The smallest absolute Gasteiger partial charge is 0.386 e. The minimum Gasteiger partial charge on any atom is -0.497 e. The van der Waals surface area contributed by atoms with Gasteiger partial charge >= 0.3 is 6.18 Å². The predicted octanol–water partition coefficient (Wildman–Crippen LogP) is 5.16. The van der Waals surface area contributed by atoms with Gasteiger partial charge in [0.05, 0.1) is 18.5 Å². The maximum absolute atomic E-state index is 10.4. The zero-order valence-corrected chi connectivity index (χ0v) is 16.7.